The van der Waals surface area contributed by atoms with Crippen LogP contribution >= 0.6 is 0 Å². The molecule has 0 saturated heterocycles. The summed E-state index contributed by atoms with van der Waals surface area (Å²) in [6.45, 7) is 1.89. The fourth-order valence-corrected chi connectivity index (χ4v) is 3.05. The monoisotopic (exact) mass is 407 g/mol. The number of nitrogens with zero attached hydrogens (tertiary/aromatic N) is 2. The normalized spacial score (nSPS) is 10.6. The Labute approximate surface area is 174 Å². The molecule has 3 rings (SSSR count). The average Bonchev–Trinajstić information content (AvgIpc) is 3.12. The number of nitrogens with one attached hydrogen (secondary N) is 3. The number of amides is 3. The summed E-state index contributed by atoms with van der Waals surface area (Å²) in [6.07, 6.45) is 2.78. The molecule has 0 fully saturated rings. The highest BCUT2D eigenvalue weighted by Crippen LogP contribution is 2.17. The standard InChI is InChI=1S/C22H25N5O3/c1-2-3-13-19-24-17-11-7-8-12-18(17)27(19)15-21(29)26-25-20(28)14-23-22(30)16-9-5-4-6-10-16/h4-12H,2-3,13-15H2,1H3,(H,23,30)(H,25,28)(H,26,29). The lowest BCUT2D eigenvalue weighted by Gasteiger charge is -2.11. The number of aryl methyl sites for hydroxylation is 1. The van der Waals surface area contributed by atoms with Crippen LogP contribution in [0.3, 0.4) is 0 Å². The molecule has 156 valence electrons. The van der Waals surface area contributed by atoms with Gasteiger partial charge in [-0.1, -0.05) is 43.7 Å². The van der Waals surface area contributed by atoms with E-state index in [1.807, 2.05) is 28.8 Å². The van der Waals surface area contributed by atoms with Crippen LogP contribution in [0.1, 0.15) is 35.9 Å². The average molecular weight is 407 g/mol. The fraction of sp³-hybridized carbons (Fsp3) is 0.273. The molecule has 0 aliphatic heterocycles. The van der Waals surface area contributed by atoms with Crippen molar-refractivity contribution < 1.29 is 14.4 Å². The van der Waals surface area contributed by atoms with Crippen LogP contribution in [0, 0.1) is 0 Å². The molecule has 8 nitrogen and oxygen atoms in total. The van der Waals surface area contributed by atoms with Gasteiger partial charge in [-0.05, 0) is 30.7 Å². The molecular weight excluding hydrogens is 382 g/mol. The zero-order valence-corrected chi connectivity index (χ0v) is 16.9. The maximum absolute atomic E-state index is 12.4. The van der Waals surface area contributed by atoms with Gasteiger partial charge in [-0.2, -0.15) is 0 Å². The van der Waals surface area contributed by atoms with E-state index in [0.29, 0.717) is 5.56 Å². The number of carbonyl (C=O) groups excluding carboxylic acids is 3. The van der Waals surface area contributed by atoms with E-state index < -0.39 is 5.91 Å². The van der Waals surface area contributed by atoms with Crippen molar-refractivity contribution in [2.45, 2.75) is 32.7 Å². The summed E-state index contributed by atoms with van der Waals surface area (Å²) in [7, 11) is 0. The first-order chi connectivity index (χ1) is 14.6. The number of hydrogen-bond donors (Lipinski definition) is 3. The fourth-order valence-electron chi connectivity index (χ4n) is 3.05. The number of hydrazine groups is 1. The van der Waals surface area contributed by atoms with E-state index in [-0.39, 0.29) is 24.9 Å². The number of para-hydroxylation sites is 2. The molecule has 1 heterocycles. The van der Waals surface area contributed by atoms with E-state index in [0.717, 1.165) is 36.1 Å². The SMILES string of the molecule is CCCCc1nc2ccccc2n1CC(=O)NNC(=O)CNC(=O)c1ccccc1. The van der Waals surface area contributed by atoms with Crippen LogP contribution < -0.4 is 16.2 Å². The number of rotatable bonds is 8. The molecule has 0 spiro atoms. The van der Waals surface area contributed by atoms with Crippen molar-refractivity contribution in [2.24, 2.45) is 0 Å². The van der Waals surface area contributed by atoms with E-state index >= 15 is 0 Å². The summed E-state index contributed by atoms with van der Waals surface area (Å²) in [4.78, 5) is 40.9. The smallest absolute Gasteiger partial charge is 0.258 e. The third kappa shape index (κ3) is 5.44. The quantitative estimate of drug-likeness (QED) is 0.497. The van der Waals surface area contributed by atoms with E-state index in [1.165, 1.54) is 0 Å². The van der Waals surface area contributed by atoms with Gasteiger partial charge in [-0.25, -0.2) is 4.98 Å². The van der Waals surface area contributed by atoms with E-state index in [4.69, 9.17) is 0 Å². The van der Waals surface area contributed by atoms with Gasteiger partial charge in [0.25, 0.3) is 17.7 Å². The third-order valence-electron chi connectivity index (χ3n) is 4.58. The van der Waals surface area contributed by atoms with Crippen LogP contribution in [0.15, 0.2) is 54.6 Å². The second-order valence-electron chi connectivity index (χ2n) is 6.85. The Hall–Kier alpha value is -3.68. The molecule has 2 aromatic carbocycles. The van der Waals surface area contributed by atoms with Gasteiger partial charge >= 0.3 is 0 Å². The van der Waals surface area contributed by atoms with Crippen molar-refractivity contribution in [1.82, 2.24) is 25.7 Å². The van der Waals surface area contributed by atoms with Crippen LogP contribution in [0.25, 0.3) is 11.0 Å². The molecule has 30 heavy (non-hydrogen) atoms. The summed E-state index contributed by atoms with van der Waals surface area (Å²) < 4.78 is 1.86. The van der Waals surface area contributed by atoms with Crippen molar-refractivity contribution in [3.05, 3.63) is 66.0 Å². The summed E-state index contributed by atoms with van der Waals surface area (Å²) >= 11 is 0. The second-order valence-corrected chi connectivity index (χ2v) is 6.85. The zero-order chi connectivity index (χ0) is 21.3. The maximum Gasteiger partial charge on any atom is 0.258 e. The largest absolute Gasteiger partial charge is 0.343 e. The minimum atomic E-state index is -0.519. The van der Waals surface area contributed by atoms with Gasteiger partial charge in [0.05, 0.1) is 17.6 Å². The first-order valence-electron chi connectivity index (χ1n) is 9.93. The van der Waals surface area contributed by atoms with Gasteiger partial charge < -0.3 is 9.88 Å². The summed E-state index contributed by atoms with van der Waals surface area (Å²) in [5, 5.41) is 2.51. The van der Waals surface area contributed by atoms with Gasteiger partial charge in [-0.3, -0.25) is 25.2 Å². The number of carbonyl (C=O) groups is 3. The van der Waals surface area contributed by atoms with Crippen molar-refractivity contribution >= 4 is 28.8 Å². The molecule has 0 saturated carbocycles. The van der Waals surface area contributed by atoms with Crippen LogP contribution in [0.2, 0.25) is 0 Å². The number of aromatic nitrogens is 2. The Balaban J connectivity index is 1.53. The second kappa shape index (κ2) is 10.2. The van der Waals surface area contributed by atoms with Crippen LogP contribution in [-0.2, 0) is 22.6 Å². The molecule has 3 N–H and O–H groups in total. The highest BCUT2D eigenvalue weighted by Gasteiger charge is 2.14. The van der Waals surface area contributed by atoms with Crippen molar-refractivity contribution in [3.63, 3.8) is 0 Å². The van der Waals surface area contributed by atoms with Crippen molar-refractivity contribution in [2.75, 3.05) is 6.54 Å². The molecule has 0 bridgehead atoms. The predicted molar refractivity (Wildman–Crippen MR) is 113 cm³/mol. The van der Waals surface area contributed by atoms with E-state index in [1.54, 1.807) is 30.3 Å². The highest BCUT2D eigenvalue weighted by atomic mass is 16.2. The Kier molecular flexibility index (Phi) is 7.15. The van der Waals surface area contributed by atoms with E-state index in [9.17, 15) is 14.4 Å². The van der Waals surface area contributed by atoms with E-state index in [2.05, 4.69) is 28.1 Å². The van der Waals surface area contributed by atoms with Crippen LogP contribution in [-0.4, -0.2) is 33.8 Å². The number of hydrogen-bond acceptors (Lipinski definition) is 4. The predicted octanol–water partition coefficient (Wildman–Crippen LogP) is 1.96. The summed E-state index contributed by atoms with van der Waals surface area (Å²) in [5.74, 6) is -0.412. The number of benzene rings is 2. The molecule has 0 radical (unpaired) electrons. The van der Waals surface area contributed by atoms with Gasteiger partial charge in [0.15, 0.2) is 0 Å². The maximum atomic E-state index is 12.4. The number of imidazole rings is 1. The third-order valence-corrected chi connectivity index (χ3v) is 4.58. The highest BCUT2D eigenvalue weighted by molar-refractivity contribution is 5.96. The first-order valence-corrected chi connectivity index (χ1v) is 9.93. The van der Waals surface area contributed by atoms with Crippen molar-refractivity contribution in [1.29, 1.82) is 0 Å². The Morgan fingerprint density at radius 1 is 0.933 bits per heavy atom. The molecule has 1 aromatic heterocycles. The molecule has 8 heteroatoms. The Bertz CT molecular complexity index is 1030. The molecular formula is C22H25N5O3. The minimum absolute atomic E-state index is 0.0379. The van der Waals surface area contributed by atoms with Gasteiger partial charge in [0.2, 0.25) is 0 Å². The molecule has 0 aliphatic carbocycles. The lowest BCUT2D eigenvalue weighted by molar-refractivity contribution is -0.128. The van der Waals surface area contributed by atoms with Gasteiger partial charge in [-0.15, -0.1) is 0 Å². The van der Waals surface area contributed by atoms with Gasteiger partial charge in [0, 0.05) is 12.0 Å². The molecule has 0 atom stereocenters. The molecule has 0 aliphatic rings. The lowest BCUT2D eigenvalue weighted by Crippen LogP contribution is -2.47. The zero-order valence-electron chi connectivity index (χ0n) is 16.9. The summed E-state index contributed by atoms with van der Waals surface area (Å²) in [6, 6.07) is 16.2. The number of unbranched alkanes of at least 4 members (excludes halogenated alkanes) is 1. The minimum Gasteiger partial charge on any atom is -0.343 e. The Morgan fingerprint density at radius 2 is 1.63 bits per heavy atom. The summed E-state index contributed by atoms with van der Waals surface area (Å²) in [5.41, 5.74) is 6.89. The first kappa shape index (κ1) is 21.0. The van der Waals surface area contributed by atoms with Crippen LogP contribution in [0.5, 0.6) is 0 Å². The van der Waals surface area contributed by atoms with Gasteiger partial charge in [0.1, 0.15) is 12.4 Å². The molecule has 3 amide bonds. The number of fused-ring (bicyclic) bond motifs is 1. The Morgan fingerprint density at radius 3 is 2.40 bits per heavy atom. The lowest BCUT2D eigenvalue weighted by atomic mass is 10.2. The van der Waals surface area contributed by atoms with Crippen molar-refractivity contribution in [3.8, 4) is 0 Å². The molecule has 3 aromatic rings. The topological polar surface area (TPSA) is 105 Å². The molecule has 0 unspecified atom stereocenters. The van der Waals surface area contributed by atoms with Crippen LogP contribution in [0.4, 0.5) is 0 Å².